The van der Waals surface area contributed by atoms with E-state index in [1.165, 1.54) is 37.7 Å². The van der Waals surface area contributed by atoms with Crippen molar-refractivity contribution in [1.29, 1.82) is 0 Å². The molecule has 0 radical (unpaired) electrons. The Balaban J connectivity index is 1.87. The van der Waals surface area contributed by atoms with Gasteiger partial charge < -0.3 is 14.8 Å². The van der Waals surface area contributed by atoms with Crippen LogP contribution in [-0.2, 0) is 14.5 Å². The van der Waals surface area contributed by atoms with Crippen molar-refractivity contribution in [3.63, 3.8) is 0 Å². The number of ether oxygens (including phenoxy) is 2. The van der Waals surface area contributed by atoms with E-state index >= 15 is 0 Å². The number of carbonyl (C=O) groups is 2. The van der Waals surface area contributed by atoms with Gasteiger partial charge in [-0.05, 0) is 42.5 Å². The average Bonchev–Trinajstić information content (AvgIpc) is 2.82. The smallest absolute Gasteiger partial charge is 0.286 e. The first-order valence-electron chi connectivity index (χ1n) is 10.0. The number of anilines is 1. The number of amides is 2. The first-order chi connectivity index (χ1) is 16.2. The lowest BCUT2D eigenvalue weighted by molar-refractivity contribution is -0.114. The molecule has 0 saturated carbocycles. The SMILES string of the molecule is COc1ccc(C#Cc2cncc(C(=O)N=S(C)(=O)c3cccc(NC(C)=O)c3)c2)cc1OC. The van der Waals surface area contributed by atoms with Crippen molar-refractivity contribution in [3.05, 3.63) is 77.6 Å². The van der Waals surface area contributed by atoms with Gasteiger partial charge in [0.1, 0.15) is 0 Å². The molecule has 3 aromatic rings. The summed E-state index contributed by atoms with van der Waals surface area (Å²) in [5.74, 6) is 6.14. The predicted molar refractivity (Wildman–Crippen MR) is 130 cm³/mol. The minimum Gasteiger partial charge on any atom is -0.493 e. The third kappa shape index (κ3) is 6.21. The Morgan fingerprint density at radius 3 is 2.41 bits per heavy atom. The van der Waals surface area contributed by atoms with Gasteiger partial charge in [0.05, 0.1) is 29.5 Å². The van der Waals surface area contributed by atoms with Crippen molar-refractivity contribution >= 4 is 27.2 Å². The van der Waals surface area contributed by atoms with Crippen molar-refractivity contribution in [2.75, 3.05) is 25.8 Å². The van der Waals surface area contributed by atoms with Crippen molar-refractivity contribution in [1.82, 2.24) is 4.98 Å². The summed E-state index contributed by atoms with van der Waals surface area (Å²) in [7, 11) is 0.0296. The highest BCUT2D eigenvalue weighted by Gasteiger charge is 2.13. The van der Waals surface area contributed by atoms with Crippen LogP contribution in [-0.4, -0.2) is 41.5 Å². The topological polar surface area (TPSA) is 107 Å². The second-order valence-electron chi connectivity index (χ2n) is 7.19. The summed E-state index contributed by atoms with van der Waals surface area (Å²) in [6.07, 6.45) is 4.23. The Morgan fingerprint density at radius 1 is 0.971 bits per heavy atom. The minimum atomic E-state index is -3.06. The summed E-state index contributed by atoms with van der Waals surface area (Å²) in [5, 5.41) is 2.62. The zero-order chi connectivity index (χ0) is 24.7. The van der Waals surface area contributed by atoms with Crippen LogP contribution in [0.1, 0.15) is 28.4 Å². The molecule has 0 spiro atoms. The number of hydrogen-bond donors (Lipinski definition) is 1. The molecule has 0 fully saturated rings. The Labute approximate surface area is 198 Å². The molecule has 0 saturated heterocycles. The van der Waals surface area contributed by atoms with E-state index in [2.05, 4.69) is 26.5 Å². The molecule has 0 aliphatic heterocycles. The lowest BCUT2D eigenvalue weighted by atomic mass is 10.1. The van der Waals surface area contributed by atoms with E-state index in [0.29, 0.717) is 33.2 Å². The molecular weight excluding hydrogens is 454 g/mol. The van der Waals surface area contributed by atoms with Crippen molar-refractivity contribution < 1.29 is 23.3 Å². The summed E-state index contributed by atoms with van der Waals surface area (Å²) < 4.78 is 27.6. The van der Waals surface area contributed by atoms with E-state index < -0.39 is 15.6 Å². The van der Waals surface area contributed by atoms with Crippen LogP contribution in [0.2, 0.25) is 0 Å². The number of pyridine rings is 1. The van der Waals surface area contributed by atoms with Crippen LogP contribution in [0, 0.1) is 11.8 Å². The molecule has 1 heterocycles. The third-order valence-electron chi connectivity index (χ3n) is 4.57. The maximum atomic E-state index is 13.1. The molecule has 3 rings (SSSR count). The van der Waals surface area contributed by atoms with Crippen LogP contribution in [0.5, 0.6) is 11.5 Å². The number of methoxy groups -OCH3 is 2. The van der Waals surface area contributed by atoms with Gasteiger partial charge in [-0.3, -0.25) is 14.6 Å². The molecule has 2 aromatic carbocycles. The highest BCUT2D eigenvalue weighted by molar-refractivity contribution is 7.93. The fraction of sp³-hybridized carbons (Fsp3) is 0.160. The maximum absolute atomic E-state index is 13.1. The van der Waals surface area contributed by atoms with E-state index in [9.17, 15) is 13.8 Å². The first kappa shape index (κ1) is 24.5. The number of nitrogens with zero attached hydrogens (tertiary/aromatic N) is 2. The standard InChI is InChI=1S/C25H23N3O5S/c1-17(29)27-21-6-5-7-22(14-21)34(4,31)28-25(30)20-12-19(15-26-16-20)9-8-18-10-11-23(32-2)24(13-18)33-3/h5-7,10-16H,1-4H3,(H,27,29). The summed E-state index contributed by atoms with van der Waals surface area (Å²) in [6.45, 7) is 1.37. The summed E-state index contributed by atoms with van der Waals surface area (Å²) in [4.78, 5) is 28.4. The molecular formula is C25H23N3O5S. The predicted octanol–water partition coefficient (Wildman–Crippen LogP) is 3.75. The van der Waals surface area contributed by atoms with Crippen LogP contribution in [0.25, 0.3) is 0 Å². The fourth-order valence-electron chi connectivity index (χ4n) is 2.96. The van der Waals surface area contributed by atoms with Gasteiger partial charge in [0, 0.05) is 47.3 Å². The second kappa shape index (κ2) is 10.6. The van der Waals surface area contributed by atoms with Gasteiger partial charge in [0.25, 0.3) is 5.91 Å². The average molecular weight is 478 g/mol. The maximum Gasteiger partial charge on any atom is 0.286 e. The fourth-order valence-corrected chi connectivity index (χ4v) is 4.16. The first-order valence-corrected chi connectivity index (χ1v) is 12.0. The summed E-state index contributed by atoms with van der Waals surface area (Å²) in [5.41, 5.74) is 1.81. The van der Waals surface area contributed by atoms with Crippen molar-refractivity contribution in [2.45, 2.75) is 11.8 Å². The summed E-state index contributed by atoms with van der Waals surface area (Å²) in [6, 6.07) is 13.2. The molecule has 1 N–H and O–H groups in total. The molecule has 9 heteroatoms. The van der Waals surface area contributed by atoms with Gasteiger partial charge in [0.15, 0.2) is 11.5 Å². The molecule has 34 heavy (non-hydrogen) atoms. The van der Waals surface area contributed by atoms with Crippen molar-refractivity contribution in [2.24, 2.45) is 4.36 Å². The van der Waals surface area contributed by atoms with Gasteiger partial charge in [-0.2, -0.15) is 4.36 Å². The Kier molecular flexibility index (Phi) is 7.66. The largest absolute Gasteiger partial charge is 0.493 e. The number of nitrogens with one attached hydrogen (secondary N) is 1. The Morgan fingerprint density at radius 2 is 1.71 bits per heavy atom. The zero-order valence-electron chi connectivity index (χ0n) is 19.1. The molecule has 2 amide bonds. The normalized spacial score (nSPS) is 11.9. The van der Waals surface area contributed by atoms with Crippen LogP contribution in [0.15, 0.2) is 70.2 Å². The van der Waals surface area contributed by atoms with Gasteiger partial charge in [-0.1, -0.05) is 17.9 Å². The lowest BCUT2D eigenvalue weighted by Crippen LogP contribution is -2.08. The van der Waals surface area contributed by atoms with E-state index in [1.54, 1.807) is 50.6 Å². The molecule has 0 aliphatic carbocycles. The number of hydrogen-bond acceptors (Lipinski definition) is 6. The van der Waals surface area contributed by atoms with E-state index in [-0.39, 0.29) is 11.5 Å². The van der Waals surface area contributed by atoms with Crippen LogP contribution in [0.3, 0.4) is 0 Å². The quantitative estimate of drug-likeness (QED) is 0.561. The van der Waals surface area contributed by atoms with Crippen molar-refractivity contribution in [3.8, 4) is 23.3 Å². The van der Waals surface area contributed by atoms with E-state index in [4.69, 9.17) is 9.47 Å². The molecule has 0 aliphatic rings. The van der Waals surface area contributed by atoms with Gasteiger partial charge in [0.2, 0.25) is 5.91 Å². The molecule has 1 atom stereocenters. The zero-order valence-corrected chi connectivity index (χ0v) is 19.9. The highest BCUT2D eigenvalue weighted by atomic mass is 32.2. The van der Waals surface area contributed by atoms with Crippen LogP contribution in [0.4, 0.5) is 5.69 Å². The lowest BCUT2D eigenvalue weighted by Gasteiger charge is -2.07. The van der Waals surface area contributed by atoms with Gasteiger partial charge >= 0.3 is 0 Å². The minimum absolute atomic E-state index is 0.159. The van der Waals surface area contributed by atoms with Gasteiger partial charge in [-0.15, -0.1) is 0 Å². The Hall–Kier alpha value is -4.16. The van der Waals surface area contributed by atoms with Crippen LogP contribution >= 0.6 is 0 Å². The van der Waals surface area contributed by atoms with E-state index in [1.807, 2.05) is 0 Å². The highest BCUT2D eigenvalue weighted by Crippen LogP contribution is 2.27. The monoisotopic (exact) mass is 477 g/mol. The molecule has 1 aromatic heterocycles. The van der Waals surface area contributed by atoms with Gasteiger partial charge in [-0.25, -0.2) is 4.21 Å². The number of rotatable bonds is 5. The molecule has 8 nitrogen and oxygen atoms in total. The number of carbonyl (C=O) groups excluding carboxylic acids is 2. The summed E-state index contributed by atoms with van der Waals surface area (Å²) >= 11 is 0. The molecule has 1 unspecified atom stereocenters. The molecule has 174 valence electrons. The third-order valence-corrected chi connectivity index (χ3v) is 6.21. The molecule has 0 bridgehead atoms. The van der Waals surface area contributed by atoms with Crippen LogP contribution < -0.4 is 14.8 Å². The number of aromatic nitrogens is 1. The number of benzene rings is 2. The van der Waals surface area contributed by atoms with E-state index in [0.717, 1.165) is 0 Å². The Bertz CT molecular complexity index is 1430. The second-order valence-corrected chi connectivity index (χ2v) is 9.45.